The number of furan rings is 1. The molecule has 3 aromatic heterocycles. The first-order valence-electron chi connectivity index (χ1n) is 21.3. The van der Waals surface area contributed by atoms with Gasteiger partial charge in [0.05, 0.1) is 24.8 Å². The third-order valence-electron chi connectivity index (χ3n) is 13.3. The number of pyridine rings is 1. The summed E-state index contributed by atoms with van der Waals surface area (Å²) < 4.78 is 15.1. The van der Waals surface area contributed by atoms with Gasteiger partial charge in [-0.15, -0.1) is 9.13 Å². The van der Waals surface area contributed by atoms with E-state index in [1.54, 1.807) is 0 Å². The van der Waals surface area contributed by atoms with Crippen LogP contribution in [0.2, 0.25) is 19.6 Å². The monoisotopic (exact) mass is 785 g/mol. The van der Waals surface area contributed by atoms with Crippen LogP contribution < -0.4 is 14.3 Å². The summed E-state index contributed by atoms with van der Waals surface area (Å²) in [5.74, 6) is 1.68. The molecule has 1 atom stereocenters. The SMILES string of the molecule is Cc1ccc2c(c1)C1(c3ccc4c(oc5ccccc54)c3-c3n(-c4c(C(C)C)cc(-c5ccccc5)cc4C(C)C)c4ccccc4[n+]31)[n+]1cc([Si](C)(C)C)c(C)cc1-2. The summed E-state index contributed by atoms with van der Waals surface area (Å²) in [6.07, 6.45) is 2.54. The fourth-order valence-corrected chi connectivity index (χ4v) is 12.5. The lowest BCUT2D eigenvalue weighted by Gasteiger charge is -2.23. The Labute approximate surface area is 348 Å². The number of para-hydroxylation sites is 3. The minimum Gasteiger partial charge on any atom is -0.455 e. The number of rotatable bonds is 5. The van der Waals surface area contributed by atoms with E-state index >= 15 is 0 Å². The second-order valence-electron chi connectivity index (χ2n) is 18.7. The molecule has 1 unspecified atom stereocenters. The number of aromatic nitrogens is 3. The molecule has 290 valence electrons. The molecule has 0 amide bonds. The average Bonchev–Trinajstić information content (AvgIpc) is 3.93. The Hall–Kier alpha value is -6.04. The van der Waals surface area contributed by atoms with E-state index in [1.807, 2.05) is 0 Å². The summed E-state index contributed by atoms with van der Waals surface area (Å²) in [5.41, 5.74) is 18.9. The summed E-state index contributed by atoms with van der Waals surface area (Å²) >= 11 is 0. The molecule has 0 fully saturated rings. The highest BCUT2D eigenvalue weighted by Crippen LogP contribution is 2.53. The molecule has 11 rings (SSSR count). The molecule has 0 N–H and O–H groups in total. The average molecular weight is 786 g/mol. The van der Waals surface area contributed by atoms with Crippen LogP contribution in [0.4, 0.5) is 0 Å². The standard InChI is InChI=1S/C54H51N3OSi/c1-32(2)41-29-37(36-17-11-10-12-18-36)30-42(33(3)4)51(41)56-45-20-14-15-21-46(45)57-53(56)50-43(26-25-39-38-19-13-16-22-48(38)58-52(39)50)54(57)44-27-34(5)23-24-40(44)47-28-35(6)49(31-55(47)54)59(7,8)9/h10-33H,1-9H3/q+2. The minimum absolute atomic E-state index is 0.261. The Balaban J connectivity index is 1.39. The Morgan fingerprint density at radius 2 is 1.36 bits per heavy atom. The molecule has 0 aliphatic carbocycles. The molecule has 0 bridgehead atoms. The van der Waals surface area contributed by atoms with Gasteiger partial charge >= 0.3 is 11.5 Å². The van der Waals surface area contributed by atoms with E-state index in [2.05, 4.69) is 208 Å². The Morgan fingerprint density at radius 3 is 2.08 bits per heavy atom. The Morgan fingerprint density at radius 1 is 0.661 bits per heavy atom. The summed E-state index contributed by atoms with van der Waals surface area (Å²) in [5, 5.41) is 3.77. The maximum absolute atomic E-state index is 7.14. The van der Waals surface area contributed by atoms with E-state index in [4.69, 9.17) is 4.42 Å². The maximum Gasteiger partial charge on any atom is 0.364 e. The largest absolute Gasteiger partial charge is 0.455 e. The van der Waals surface area contributed by atoms with Crippen molar-refractivity contribution in [1.29, 1.82) is 0 Å². The highest BCUT2D eigenvalue weighted by atomic mass is 28.3. The van der Waals surface area contributed by atoms with E-state index in [9.17, 15) is 0 Å². The number of hydrogen-bond acceptors (Lipinski definition) is 1. The van der Waals surface area contributed by atoms with Crippen molar-refractivity contribution in [2.45, 2.75) is 78.7 Å². The summed E-state index contributed by atoms with van der Waals surface area (Å²) in [6, 6.07) is 47.8. The van der Waals surface area contributed by atoms with Crippen LogP contribution >= 0.6 is 0 Å². The number of hydrogen-bond donors (Lipinski definition) is 0. The Kier molecular flexibility index (Phi) is 7.63. The van der Waals surface area contributed by atoms with Gasteiger partial charge in [0.2, 0.25) is 5.69 Å². The lowest BCUT2D eigenvalue weighted by Crippen LogP contribution is -2.72. The fourth-order valence-electron chi connectivity index (χ4n) is 10.7. The first-order chi connectivity index (χ1) is 28.4. The molecule has 5 heterocycles. The minimum atomic E-state index is -1.78. The van der Waals surface area contributed by atoms with Gasteiger partial charge in [-0.1, -0.05) is 120 Å². The molecule has 2 aliphatic rings. The quantitative estimate of drug-likeness (QED) is 0.126. The number of nitrogens with zero attached hydrogens (tertiary/aromatic N) is 3. The summed E-state index contributed by atoms with van der Waals surface area (Å²) in [4.78, 5) is 0. The van der Waals surface area contributed by atoms with Crippen molar-refractivity contribution in [2.24, 2.45) is 0 Å². The van der Waals surface area contributed by atoms with E-state index < -0.39 is 13.7 Å². The zero-order valence-electron chi connectivity index (χ0n) is 35.6. The molecule has 6 aromatic carbocycles. The first-order valence-corrected chi connectivity index (χ1v) is 24.8. The molecule has 1 spiro atoms. The molecular weight excluding hydrogens is 735 g/mol. The highest BCUT2D eigenvalue weighted by Gasteiger charge is 2.67. The predicted octanol–water partition coefficient (Wildman–Crippen LogP) is 12.4. The van der Waals surface area contributed by atoms with E-state index in [0.29, 0.717) is 0 Å². The van der Waals surface area contributed by atoms with Crippen molar-refractivity contribution >= 4 is 46.2 Å². The van der Waals surface area contributed by atoms with Crippen LogP contribution in [-0.2, 0) is 5.66 Å². The van der Waals surface area contributed by atoms with Gasteiger partial charge in [0.15, 0.2) is 22.8 Å². The van der Waals surface area contributed by atoms with Gasteiger partial charge < -0.3 is 4.42 Å². The molecule has 0 radical (unpaired) electrons. The zero-order chi connectivity index (χ0) is 40.7. The van der Waals surface area contributed by atoms with Crippen LogP contribution in [0.15, 0.2) is 138 Å². The van der Waals surface area contributed by atoms with Crippen molar-refractivity contribution in [3.63, 3.8) is 0 Å². The second-order valence-corrected chi connectivity index (χ2v) is 23.8. The summed E-state index contributed by atoms with van der Waals surface area (Å²) in [7, 11) is -1.78. The third kappa shape index (κ3) is 4.82. The van der Waals surface area contributed by atoms with Gasteiger partial charge in [-0.2, -0.15) is 4.57 Å². The number of fused-ring (bicyclic) bond motifs is 16. The molecule has 0 saturated heterocycles. The van der Waals surface area contributed by atoms with Gasteiger partial charge in [0, 0.05) is 33.2 Å². The molecule has 5 heteroatoms. The van der Waals surface area contributed by atoms with Crippen molar-refractivity contribution in [3.05, 3.63) is 167 Å². The van der Waals surface area contributed by atoms with Crippen LogP contribution in [0.1, 0.15) is 72.9 Å². The van der Waals surface area contributed by atoms with Crippen LogP contribution in [0, 0.1) is 13.8 Å². The van der Waals surface area contributed by atoms with Crippen LogP contribution in [0.25, 0.3) is 72.4 Å². The van der Waals surface area contributed by atoms with Gasteiger partial charge in [-0.05, 0) is 97.0 Å². The molecule has 9 aromatic rings. The van der Waals surface area contributed by atoms with Crippen molar-refractivity contribution in [2.75, 3.05) is 0 Å². The van der Waals surface area contributed by atoms with Crippen molar-refractivity contribution in [3.8, 4) is 39.5 Å². The van der Waals surface area contributed by atoms with Crippen molar-refractivity contribution < 1.29 is 13.6 Å². The van der Waals surface area contributed by atoms with Gasteiger partial charge in [0.25, 0.3) is 0 Å². The Bertz CT molecular complexity index is 3200. The van der Waals surface area contributed by atoms with Gasteiger partial charge in [0.1, 0.15) is 16.8 Å². The molecule has 59 heavy (non-hydrogen) atoms. The van der Waals surface area contributed by atoms with Crippen LogP contribution in [0.3, 0.4) is 0 Å². The van der Waals surface area contributed by atoms with E-state index in [1.165, 1.54) is 77.7 Å². The normalized spacial score (nSPS) is 15.6. The number of benzene rings is 6. The van der Waals surface area contributed by atoms with Gasteiger partial charge in [-0.3, -0.25) is 0 Å². The molecule has 4 nitrogen and oxygen atoms in total. The number of imidazole rings is 1. The number of aryl methyl sites for hydroxylation is 2. The smallest absolute Gasteiger partial charge is 0.364 e. The van der Waals surface area contributed by atoms with Crippen LogP contribution in [-0.4, -0.2) is 12.6 Å². The fraction of sp³-hybridized carbons (Fsp3) is 0.222. The molecule has 2 aliphatic heterocycles. The zero-order valence-corrected chi connectivity index (χ0v) is 36.6. The molecular formula is C54H51N3OSi+2. The first kappa shape index (κ1) is 36.1. The topological polar surface area (TPSA) is 25.8 Å². The lowest BCUT2D eigenvalue weighted by atomic mass is 9.87. The van der Waals surface area contributed by atoms with Gasteiger partial charge in [-0.25, -0.2) is 0 Å². The molecule has 0 saturated carbocycles. The van der Waals surface area contributed by atoms with E-state index in [0.717, 1.165) is 33.3 Å². The van der Waals surface area contributed by atoms with Crippen molar-refractivity contribution in [1.82, 2.24) is 4.57 Å². The third-order valence-corrected chi connectivity index (χ3v) is 15.4. The maximum atomic E-state index is 7.14. The highest BCUT2D eigenvalue weighted by molar-refractivity contribution is 6.88. The second kappa shape index (κ2) is 12.5. The lowest BCUT2D eigenvalue weighted by molar-refractivity contribution is -0.944. The van der Waals surface area contributed by atoms with Crippen LogP contribution in [0.5, 0.6) is 0 Å². The summed E-state index contributed by atoms with van der Waals surface area (Å²) in [6.45, 7) is 21.4. The predicted molar refractivity (Wildman–Crippen MR) is 246 cm³/mol. The van der Waals surface area contributed by atoms with E-state index in [-0.39, 0.29) is 11.8 Å².